The first kappa shape index (κ1) is 17.8. The Balaban J connectivity index is 1.92. The van der Waals surface area contributed by atoms with E-state index in [0.717, 1.165) is 30.2 Å². The monoisotopic (exact) mass is 346 g/mol. The average molecular weight is 347 g/mol. The third kappa shape index (κ3) is 5.01. The lowest BCUT2D eigenvalue weighted by molar-refractivity contribution is 0.108. The molecule has 0 unspecified atom stereocenters. The zero-order valence-corrected chi connectivity index (χ0v) is 15.4. The number of nitrogens with one attached hydrogen (secondary N) is 1. The topological polar surface area (TPSA) is 68.3 Å². The summed E-state index contributed by atoms with van der Waals surface area (Å²) in [4.78, 5) is 4.57. The molecule has 1 aromatic heterocycles. The first-order chi connectivity index (χ1) is 10.2. The molecule has 1 saturated heterocycles. The minimum atomic E-state index is -3.31. The van der Waals surface area contributed by atoms with Crippen LogP contribution in [0.3, 0.4) is 0 Å². The zero-order chi connectivity index (χ0) is 16.4. The van der Waals surface area contributed by atoms with Crippen molar-refractivity contribution in [3.63, 3.8) is 0 Å². The molecule has 2 atom stereocenters. The highest BCUT2D eigenvalue weighted by molar-refractivity contribution is 7.89. The molecular weight excluding hydrogens is 320 g/mol. The van der Waals surface area contributed by atoms with Crippen molar-refractivity contribution in [1.82, 2.24) is 9.71 Å². The molecule has 22 heavy (non-hydrogen) atoms. The van der Waals surface area contributed by atoms with E-state index < -0.39 is 10.0 Å². The molecule has 1 aliphatic heterocycles. The number of sulfonamides is 1. The van der Waals surface area contributed by atoms with Crippen LogP contribution in [0.5, 0.6) is 0 Å². The molecule has 0 saturated carbocycles. The molecule has 0 spiro atoms. The van der Waals surface area contributed by atoms with Crippen molar-refractivity contribution in [2.45, 2.75) is 64.5 Å². The summed E-state index contributed by atoms with van der Waals surface area (Å²) < 4.78 is 32.6. The molecular formula is C15H26N2O3S2. The summed E-state index contributed by atoms with van der Waals surface area (Å²) in [6.45, 7) is 8.89. The van der Waals surface area contributed by atoms with Crippen LogP contribution in [0.15, 0.2) is 5.38 Å². The predicted molar refractivity (Wildman–Crippen MR) is 89.7 cm³/mol. The van der Waals surface area contributed by atoms with Crippen LogP contribution < -0.4 is 4.72 Å². The highest BCUT2D eigenvalue weighted by atomic mass is 32.2. The van der Waals surface area contributed by atoms with Crippen LogP contribution in [0, 0.1) is 0 Å². The molecule has 0 bridgehead atoms. The van der Waals surface area contributed by atoms with E-state index in [1.165, 1.54) is 11.3 Å². The maximum absolute atomic E-state index is 12.2. The van der Waals surface area contributed by atoms with Crippen LogP contribution in [-0.4, -0.2) is 31.9 Å². The molecule has 7 heteroatoms. The van der Waals surface area contributed by atoms with Crippen LogP contribution >= 0.6 is 11.3 Å². The Kier molecular flexibility index (Phi) is 5.63. The molecule has 126 valence electrons. The van der Waals surface area contributed by atoms with Gasteiger partial charge in [-0.15, -0.1) is 11.3 Å². The maximum atomic E-state index is 12.2. The Labute approximate surface area is 137 Å². The van der Waals surface area contributed by atoms with Crippen molar-refractivity contribution >= 4 is 21.4 Å². The van der Waals surface area contributed by atoms with Crippen LogP contribution in [0.2, 0.25) is 0 Å². The second kappa shape index (κ2) is 6.95. The molecule has 1 fully saturated rings. The van der Waals surface area contributed by atoms with Gasteiger partial charge in [-0.2, -0.15) is 0 Å². The van der Waals surface area contributed by atoms with Gasteiger partial charge >= 0.3 is 0 Å². The van der Waals surface area contributed by atoms with Gasteiger partial charge in [0.25, 0.3) is 0 Å². The highest BCUT2D eigenvalue weighted by Gasteiger charge is 2.24. The van der Waals surface area contributed by atoms with Crippen molar-refractivity contribution in [1.29, 1.82) is 0 Å². The fourth-order valence-electron chi connectivity index (χ4n) is 2.37. The second-order valence-electron chi connectivity index (χ2n) is 6.90. The number of hydrogen-bond acceptors (Lipinski definition) is 5. The number of thiazole rings is 1. The number of rotatable bonds is 6. The average Bonchev–Trinajstić information content (AvgIpc) is 3.07. The highest BCUT2D eigenvalue weighted by Crippen LogP contribution is 2.27. The summed E-state index contributed by atoms with van der Waals surface area (Å²) in [5, 5.41) is 2.82. The Morgan fingerprint density at radius 3 is 2.77 bits per heavy atom. The fraction of sp³-hybridized carbons (Fsp3) is 0.800. The van der Waals surface area contributed by atoms with Gasteiger partial charge in [-0.05, 0) is 26.2 Å². The van der Waals surface area contributed by atoms with Crippen LogP contribution in [0.4, 0.5) is 0 Å². The van der Waals surface area contributed by atoms with Gasteiger partial charge in [0, 0.05) is 17.4 Å². The molecule has 5 nitrogen and oxygen atoms in total. The molecule has 0 radical (unpaired) electrons. The third-order valence-electron chi connectivity index (χ3n) is 3.75. The van der Waals surface area contributed by atoms with Gasteiger partial charge in [0.15, 0.2) is 0 Å². The van der Waals surface area contributed by atoms with E-state index in [1.807, 2.05) is 12.3 Å². The van der Waals surface area contributed by atoms with Gasteiger partial charge in [0.2, 0.25) is 10.0 Å². The van der Waals surface area contributed by atoms with E-state index in [-0.39, 0.29) is 23.3 Å². The maximum Gasteiger partial charge on any atom is 0.212 e. The standard InChI is InChI=1S/C15H26N2O3S2/c1-11(14-16-13(10-21-14)15(2,3)4)17-22(18,19)9-7-12-6-5-8-20-12/h10-12,17H,5-9H2,1-4H3/t11-,12-/m1/s1. The minimum Gasteiger partial charge on any atom is -0.378 e. The summed E-state index contributed by atoms with van der Waals surface area (Å²) in [5.74, 6) is 0.111. The molecule has 1 aliphatic rings. The zero-order valence-electron chi connectivity index (χ0n) is 13.8. The summed E-state index contributed by atoms with van der Waals surface area (Å²) in [6, 6.07) is -0.296. The Hall–Kier alpha value is -0.500. The van der Waals surface area contributed by atoms with Crippen molar-refractivity contribution in [3.8, 4) is 0 Å². The lowest BCUT2D eigenvalue weighted by atomic mass is 9.93. The minimum absolute atomic E-state index is 0.0207. The third-order valence-corrected chi connectivity index (χ3v) is 6.26. The van der Waals surface area contributed by atoms with Gasteiger partial charge in [-0.3, -0.25) is 0 Å². The molecule has 0 aliphatic carbocycles. The molecule has 2 rings (SSSR count). The van der Waals surface area contributed by atoms with Gasteiger partial charge in [-0.25, -0.2) is 18.1 Å². The van der Waals surface area contributed by atoms with Crippen LogP contribution in [0.25, 0.3) is 0 Å². The summed E-state index contributed by atoms with van der Waals surface area (Å²) in [7, 11) is -3.31. The molecule has 1 aromatic rings. The van der Waals surface area contributed by atoms with E-state index in [2.05, 4.69) is 30.5 Å². The molecule has 0 aromatic carbocycles. The summed E-state index contributed by atoms with van der Waals surface area (Å²) >= 11 is 1.51. The van der Waals surface area contributed by atoms with E-state index in [4.69, 9.17) is 4.74 Å². The summed E-state index contributed by atoms with van der Waals surface area (Å²) in [5.41, 5.74) is 0.977. The molecule has 1 N–H and O–H groups in total. The quantitative estimate of drug-likeness (QED) is 0.860. The van der Waals surface area contributed by atoms with E-state index >= 15 is 0 Å². The van der Waals surface area contributed by atoms with Gasteiger partial charge in [0.05, 0.1) is 23.6 Å². The Morgan fingerprint density at radius 1 is 1.50 bits per heavy atom. The van der Waals surface area contributed by atoms with Gasteiger partial charge in [-0.1, -0.05) is 20.8 Å². The Bertz CT molecular complexity index is 584. The number of aromatic nitrogens is 1. The van der Waals surface area contributed by atoms with Crippen molar-refractivity contribution in [3.05, 3.63) is 16.1 Å². The number of ether oxygens (including phenoxy) is 1. The van der Waals surface area contributed by atoms with Crippen molar-refractivity contribution < 1.29 is 13.2 Å². The van der Waals surface area contributed by atoms with Crippen molar-refractivity contribution in [2.75, 3.05) is 12.4 Å². The van der Waals surface area contributed by atoms with Crippen molar-refractivity contribution in [2.24, 2.45) is 0 Å². The molecule has 2 heterocycles. The lowest BCUT2D eigenvalue weighted by Gasteiger charge is -2.16. The van der Waals surface area contributed by atoms with E-state index in [0.29, 0.717) is 6.42 Å². The Morgan fingerprint density at radius 2 is 2.23 bits per heavy atom. The first-order valence-electron chi connectivity index (χ1n) is 7.75. The largest absolute Gasteiger partial charge is 0.378 e. The smallest absolute Gasteiger partial charge is 0.212 e. The van der Waals surface area contributed by atoms with E-state index in [9.17, 15) is 8.42 Å². The second-order valence-corrected chi connectivity index (χ2v) is 9.67. The van der Waals surface area contributed by atoms with Gasteiger partial charge < -0.3 is 4.74 Å². The molecule has 0 amide bonds. The lowest BCUT2D eigenvalue weighted by Crippen LogP contribution is -2.30. The number of hydrogen-bond donors (Lipinski definition) is 1. The number of nitrogens with zero attached hydrogens (tertiary/aromatic N) is 1. The SMILES string of the molecule is C[C@@H](NS(=O)(=O)CC[C@H]1CCCO1)c1nc(C(C)(C)C)cs1. The summed E-state index contributed by atoms with van der Waals surface area (Å²) in [6.07, 6.45) is 2.65. The van der Waals surface area contributed by atoms with E-state index in [1.54, 1.807) is 0 Å². The van der Waals surface area contributed by atoms with Crippen LogP contribution in [-0.2, 0) is 20.2 Å². The first-order valence-corrected chi connectivity index (χ1v) is 10.3. The normalized spacial score (nSPS) is 21.2. The predicted octanol–water partition coefficient (Wildman–Crippen LogP) is 2.99. The fourth-order valence-corrected chi connectivity index (χ4v) is 4.84. The van der Waals surface area contributed by atoms with Gasteiger partial charge in [0.1, 0.15) is 5.01 Å². The van der Waals surface area contributed by atoms with Crippen LogP contribution in [0.1, 0.15) is 63.7 Å².